The summed E-state index contributed by atoms with van der Waals surface area (Å²) < 4.78 is 18.4. The lowest BCUT2D eigenvalue weighted by atomic mass is 10.1. The number of methoxy groups -OCH3 is 1. The Labute approximate surface area is 123 Å². The zero-order valence-electron chi connectivity index (χ0n) is 11.8. The zero-order valence-corrected chi connectivity index (χ0v) is 11.8. The van der Waals surface area contributed by atoms with E-state index >= 15 is 0 Å². The van der Waals surface area contributed by atoms with Crippen LogP contribution in [0.2, 0.25) is 0 Å². The number of ether oxygens (including phenoxy) is 1. The highest BCUT2D eigenvalue weighted by atomic mass is 19.1. The highest BCUT2D eigenvalue weighted by Crippen LogP contribution is 2.30. The van der Waals surface area contributed by atoms with Crippen molar-refractivity contribution < 1.29 is 13.9 Å². The Morgan fingerprint density at radius 2 is 2.00 bits per heavy atom. The molecule has 3 rings (SSSR count). The van der Waals surface area contributed by atoms with Crippen LogP contribution in [0.1, 0.15) is 21.5 Å². The summed E-state index contributed by atoms with van der Waals surface area (Å²) in [5.74, 6) is -0.410. The number of rotatable bonds is 3. The predicted octanol–water partition coefficient (Wildman–Crippen LogP) is 3.18. The Bertz CT molecular complexity index is 667. The van der Waals surface area contributed by atoms with Crippen LogP contribution in [-0.2, 0) is 17.8 Å². The molecule has 0 saturated carbocycles. The molecule has 2 aromatic carbocycles. The van der Waals surface area contributed by atoms with Gasteiger partial charge in [-0.2, -0.15) is 0 Å². The minimum atomic E-state index is -0.316. The molecule has 0 radical (unpaired) electrons. The summed E-state index contributed by atoms with van der Waals surface area (Å²) in [5, 5.41) is 0. The van der Waals surface area contributed by atoms with Gasteiger partial charge in [-0.1, -0.05) is 18.2 Å². The molecule has 108 valence electrons. The molecule has 0 bridgehead atoms. The SMILES string of the molecule is COCc1ccc(C(=O)N2CCc3ccc(F)cc32)cc1. The molecule has 2 aromatic rings. The average molecular weight is 285 g/mol. The molecule has 4 heteroatoms. The van der Waals surface area contributed by atoms with E-state index < -0.39 is 0 Å². The molecule has 0 N–H and O–H groups in total. The number of hydrogen-bond donors (Lipinski definition) is 0. The number of anilines is 1. The fourth-order valence-electron chi connectivity index (χ4n) is 2.63. The Kier molecular flexibility index (Phi) is 3.71. The average Bonchev–Trinajstić information content (AvgIpc) is 2.90. The van der Waals surface area contributed by atoms with Crippen LogP contribution in [0.4, 0.5) is 10.1 Å². The van der Waals surface area contributed by atoms with Crippen LogP contribution >= 0.6 is 0 Å². The second-order valence-electron chi connectivity index (χ2n) is 5.11. The summed E-state index contributed by atoms with van der Waals surface area (Å²) in [4.78, 5) is 14.2. The summed E-state index contributed by atoms with van der Waals surface area (Å²) in [6, 6.07) is 11.9. The van der Waals surface area contributed by atoms with Gasteiger partial charge < -0.3 is 9.64 Å². The van der Waals surface area contributed by atoms with Gasteiger partial charge in [-0.25, -0.2) is 4.39 Å². The van der Waals surface area contributed by atoms with Crippen molar-refractivity contribution in [1.82, 2.24) is 0 Å². The van der Waals surface area contributed by atoms with Gasteiger partial charge in [-0.3, -0.25) is 4.79 Å². The fraction of sp³-hybridized carbons (Fsp3) is 0.235. The van der Waals surface area contributed by atoms with Crippen molar-refractivity contribution in [2.75, 3.05) is 18.6 Å². The third-order valence-electron chi connectivity index (χ3n) is 3.70. The first-order valence-corrected chi connectivity index (χ1v) is 6.87. The molecule has 3 nitrogen and oxygen atoms in total. The van der Waals surface area contributed by atoms with E-state index in [1.165, 1.54) is 12.1 Å². The number of fused-ring (bicyclic) bond motifs is 1. The van der Waals surface area contributed by atoms with Crippen LogP contribution in [0.15, 0.2) is 42.5 Å². The quantitative estimate of drug-likeness (QED) is 0.867. The summed E-state index contributed by atoms with van der Waals surface area (Å²) in [6.07, 6.45) is 0.767. The van der Waals surface area contributed by atoms with E-state index in [-0.39, 0.29) is 11.7 Å². The Morgan fingerprint density at radius 3 is 2.71 bits per heavy atom. The van der Waals surface area contributed by atoms with E-state index in [4.69, 9.17) is 4.74 Å². The molecule has 0 atom stereocenters. The maximum atomic E-state index is 13.4. The van der Waals surface area contributed by atoms with Crippen LogP contribution in [0.25, 0.3) is 0 Å². The number of halogens is 1. The highest BCUT2D eigenvalue weighted by molar-refractivity contribution is 6.07. The normalized spacial score (nSPS) is 13.3. The summed E-state index contributed by atoms with van der Waals surface area (Å²) in [6.45, 7) is 1.11. The van der Waals surface area contributed by atoms with Crippen molar-refractivity contribution in [2.45, 2.75) is 13.0 Å². The van der Waals surface area contributed by atoms with E-state index in [2.05, 4.69) is 0 Å². The van der Waals surface area contributed by atoms with Crippen LogP contribution in [0.3, 0.4) is 0 Å². The molecule has 21 heavy (non-hydrogen) atoms. The molecule has 0 aromatic heterocycles. The largest absolute Gasteiger partial charge is 0.380 e. The van der Waals surface area contributed by atoms with Gasteiger partial charge in [0.2, 0.25) is 0 Å². The molecule has 1 aliphatic rings. The number of carbonyl (C=O) groups excluding carboxylic acids is 1. The van der Waals surface area contributed by atoms with E-state index in [9.17, 15) is 9.18 Å². The number of nitrogens with zero attached hydrogens (tertiary/aromatic N) is 1. The van der Waals surface area contributed by atoms with Gasteiger partial charge in [0.05, 0.1) is 12.3 Å². The maximum Gasteiger partial charge on any atom is 0.258 e. The molecule has 0 aliphatic carbocycles. The van der Waals surface area contributed by atoms with Crippen molar-refractivity contribution in [3.8, 4) is 0 Å². The van der Waals surface area contributed by atoms with E-state index in [0.29, 0.717) is 24.4 Å². The van der Waals surface area contributed by atoms with Crippen molar-refractivity contribution in [3.05, 3.63) is 65.0 Å². The second-order valence-corrected chi connectivity index (χ2v) is 5.11. The lowest BCUT2D eigenvalue weighted by Gasteiger charge is -2.17. The van der Waals surface area contributed by atoms with Crippen LogP contribution in [0, 0.1) is 5.82 Å². The van der Waals surface area contributed by atoms with Crippen LogP contribution in [0.5, 0.6) is 0 Å². The minimum Gasteiger partial charge on any atom is -0.380 e. The maximum absolute atomic E-state index is 13.4. The number of hydrogen-bond acceptors (Lipinski definition) is 2. The molecule has 0 fully saturated rings. The fourth-order valence-corrected chi connectivity index (χ4v) is 2.63. The van der Waals surface area contributed by atoms with Crippen LogP contribution in [-0.4, -0.2) is 19.6 Å². The molecule has 0 saturated heterocycles. The first kappa shape index (κ1) is 13.8. The smallest absolute Gasteiger partial charge is 0.258 e. The van der Waals surface area contributed by atoms with Crippen molar-refractivity contribution in [2.24, 2.45) is 0 Å². The lowest BCUT2D eigenvalue weighted by molar-refractivity contribution is 0.0989. The van der Waals surface area contributed by atoms with Crippen molar-refractivity contribution >= 4 is 11.6 Å². The van der Waals surface area contributed by atoms with E-state index in [0.717, 1.165) is 17.5 Å². The molecule has 1 amide bonds. The van der Waals surface area contributed by atoms with E-state index in [1.807, 2.05) is 12.1 Å². The van der Waals surface area contributed by atoms with Crippen LogP contribution < -0.4 is 4.90 Å². The summed E-state index contributed by atoms with van der Waals surface area (Å²) in [7, 11) is 1.63. The summed E-state index contributed by atoms with van der Waals surface area (Å²) in [5.41, 5.74) is 3.32. The zero-order chi connectivity index (χ0) is 14.8. The molecule has 0 unspecified atom stereocenters. The third kappa shape index (κ3) is 2.67. The first-order chi connectivity index (χ1) is 10.2. The topological polar surface area (TPSA) is 29.5 Å². The molecule has 1 aliphatic heterocycles. The Hall–Kier alpha value is -2.20. The van der Waals surface area contributed by atoms with Gasteiger partial charge in [-0.05, 0) is 41.8 Å². The molecule has 0 spiro atoms. The molecular weight excluding hydrogens is 269 g/mol. The van der Waals surface area contributed by atoms with Gasteiger partial charge in [0.25, 0.3) is 5.91 Å². The Morgan fingerprint density at radius 1 is 1.24 bits per heavy atom. The second kappa shape index (κ2) is 5.66. The Balaban J connectivity index is 1.85. The van der Waals surface area contributed by atoms with Gasteiger partial charge >= 0.3 is 0 Å². The number of carbonyl (C=O) groups is 1. The van der Waals surface area contributed by atoms with Gasteiger partial charge in [0.15, 0.2) is 0 Å². The predicted molar refractivity (Wildman–Crippen MR) is 78.9 cm³/mol. The standard InChI is InChI=1S/C17H16FNO2/c1-21-11-12-2-4-14(5-3-12)17(20)19-9-8-13-6-7-15(18)10-16(13)19/h2-7,10H,8-9,11H2,1H3. The van der Waals surface area contributed by atoms with Gasteiger partial charge in [0.1, 0.15) is 5.82 Å². The monoisotopic (exact) mass is 285 g/mol. The van der Waals surface area contributed by atoms with Crippen molar-refractivity contribution in [3.63, 3.8) is 0 Å². The number of benzene rings is 2. The van der Waals surface area contributed by atoms with E-state index in [1.54, 1.807) is 30.2 Å². The first-order valence-electron chi connectivity index (χ1n) is 6.87. The number of amides is 1. The summed E-state index contributed by atoms with van der Waals surface area (Å²) >= 11 is 0. The molecular formula is C17H16FNO2. The molecule has 1 heterocycles. The lowest BCUT2D eigenvalue weighted by Crippen LogP contribution is -2.28. The van der Waals surface area contributed by atoms with Crippen molar-refractivity contribution in [1.29, 1.82) is 0 Å². The van der Waals surface area contributed by atoms with Gasteiger partial charge in [-0.15, -0.1) is 0 Å². The third-order valence-corrected chi connectivity index (χ3v) is 3.70. The minimum absolute atomic E-state index is 0.0942. The van der Waals surface area contributed by atoms with Gasteiger partial charge in [0, 0.05) is 19.2 Å². The highest BCUT2D eigenvalue weighted by Gasteiger charge is 2.25.